The van der Waals surface area contributed by atoms with Crippen molar-refractivity contribution >= 4 is 5.78 Å². The second-order valence-corrected chi connectivity index (χ2v) is 4.48. The Balaban J connectivity index is 2.15. The molecule has 2 heterocycles. The normalized spacial score (nSPS) is 35.8. The average Bonchev–Trinajstić information content (AvgIpc) is 2.66. The number of carbonyl (C=O) groups excluding carboxylic acids is 1. The molecule has 0 aromatic rings. The van der Waals surface area contributed by atoms with Crippen molar-refractivity contribution in [3.8, 4) is 0 Å². The minimum Gasteiger partial charge on any atom is -0.394 e. The van der Waals surface area contributed by atoms with Gasteiger partial charge in [-0.3, -0.25) is 4.79 Å². The SMILES string of the molecule is CC(=O)C1=CN([C@@H]2OC(CO)[C@@H](O)C2O)C=CC1. The van der Waals surface area contributed by atoms with Gasteiger partial charge in [-0.2, -0.15) is 0 Å². The highest BCUT2D eigenvalue weighted by molar-refractivity contribution is 5.93. The molecule has 0 bridgehead atoms. The Morgan fingerprint density at radius 1 is 1.50 bits per heavy atom. The Morgan fingerprint density at radius 3 is 2.78 bits per heavy atom. The molecular weight excluding hydrogens is 238 g/mol. The number of aliphatic hydroxyl groups is 3. The van der Waals surface area contributed by atoms with Crippen LogP contribution in [-0.4, -0.2) is 57.1 Å². The van der Waals surface area contributed by atoms with Crippen molar-refractivity contribution in [2.45, 2.75) is 37.9 Å². The fourth-order valence-electron chi connectivity index (χ4n) is 2.10. The maximum Gasteiger partial charge on any atom is 0.162 e. The summed E-state index contributed by atoms with van der Waals surface area (Å²) in [5.74, 6) is -0.0453. The zero-order valence-corrected chi connectivity index (χ0v) is 10.1. The van der Waals surface area contributed by atoms with Crippen LogP contribution in [0.3, 0.4) is 0 Å². The van der Waals surface area contributed by atoms with Crippen LogP contribution < -0.4 is 0 Å². The number of ketones is 1. The summed E-state index contributed by atoms with van der Waals surface area (Å²) in [6.45, 7) is 1.11. The third-order valence-electron chi connectivity index (χ3n) is 3.18. The van der Waals surface area contributed by atoms with Crippen LogP contribution in [0.1, 0.15) is 13.3 Å². The molecule has 3 N–H and O–H groups in total. The predicted molar refractivity (Wildman–Crippen MR) is 62.1 cm³/mol. The average molecular weight is 255 g/mol. The van der Waals surface area contributed by atoms with Crippen molar-refractivity contribution in [2.24, 2.45) is 0 Å². The number of ether oxygens (including phenoxy) is 1. The van der Waals surface area contributed by atoms with Gasteiger partial charge in [-0.05, 0) is 13.3 Å². The molecule has 0 amide bonds. The summed E-state index contributed by atoms with van der Waals surface area (Å²) in [4.78, 5) is 12.8. The van der Waals surface area contributed by atoms with Gasteiger partial charge < -0.3 is 25.0 Å². The van der Waals surface area contributed by atoms with Crippen LogP contribution >= 0.6 is 0 Å². The molecule has 2 unspecified atom stereocenters. The van der Waals surface area contributed by atoms with Gasteiger partial charge in [-0.1, -0.05) is 6.08 Å². The van der Waals surface area contributed by atoms with Crippen molar-refractivity contribution in [3.63, 3.8) is 0 Å². The van der Waals surface area contributed by atoms with E-state index in [4.69, 9.17) is 9.84 Å². The summed E-state index contributed by atoms with van der Waals surface area (Å²) in [5.41, 5.74) is 0.607. The van der Waals surface area contributed by atoms with Crippen LogP contribution in [0.5, 0.6) is 0 Å². The number of nitrogens with zero attached hydrogens (tertiary/aromatic N) is 1. The van der Waals surface area contributed by atoms with Crippen molar-refractivity contribution < 1.29 is 24.9 Å². The molecule has 1 fully saturated rings. The molecule has 0 aromatic heterocycles. The largest absolute Gasteiger partial charge is 0.394 e. The summed E-state index contributed by atoms with van der Waals surface area (Å²) in [6.07, 6.45) is 1.75. The first-order chi connectivity index (χ1) is 8.54. The zero-order valence-electron chi connectivity index (χ0n) is 10.1. The minimum absolute atomic E-state index is 0.0453. The van der Waals surface area contributed by atoms with Gasteiger partial charge in [0.15, 0.2) is 12.0 Å². The lowest BCUT2D eigenvalue weighted by atomic mass is 10.1. The summed E-state index contributed by atoms with van der Waals surface area (Å²) in [7, 11) is 0. The Labute approximate surface area is 105 Å². The van der Waals surface area contributed by atoms with E-state index in [-0.39, 0.29) is 12.4 Å². The van der Waals surface area contributed by atoms with Crippen LogP contribution in [0, 0.1) is 0 Å². The van der Waals surface area contributed by atoms with Gasteiger partial charge in [0.05, 0.1) is 6.61 Å². The van der Waals surface area contributed by atoms with Crippen molar-refractivity contribution in [1.29, 1.82) is 0 Å². The second kappa shape index (κ2) is 5.19. The highest BCUT2D eigenvalue weighted by Crippen LogP contribution is 2.27. The van der Waals surface area contributed by atoms with Crippen LogP contribution in [0.2, 0.25) is 0 Å². The first-order valence-corrected chi connectivity index (χ1v) is 5.82. The summed E-state index contributed by atoms with van der Waals surface area (Å²) >= 11 is 0. The Hall–Kier alpha value is -1.21. The van der Waals surface area contributed by atoms with E-state index < -0.39 is 24.5 Å². The first kappa shape index (κ1) is 13.2. The number of Topliss-reactive ketones (excluding diaryl/α,β-unsaturated/α-hetero) is 1. The fraction of sp³-hybridized carbons (Fsp3) is 0.583. The molecule has 0 aliphatic carbocycles. The first-order valence-electron chi connectivity index (χ1n) is 5.82. The number of rotatable bonds is 3. The molecule has 0 saturated carbocycles. The van der Waals surface area contributed by atoms with E-state index in [0.29, 0.717) is 12.0 Å². The van der Waals surface area contributed by atoms with Crippen LogP contribution in [0.4, 0.5) is 0 Å². The van der Waals surface area contributed by atoms with Gasteiger partial charge in [0.2, 0.25) is 0 Å². The molecule has 100 valence electrons. The van der Waals surface area contributed by atoms with Gasteiger partial charge in [-0.25, -0.2) is 0 Å². The van der Waals surface area contributed by atoms with Gasteiger partial charge in [0, 0.05) is 18.0 Å². The molecule has 1 saturated heterocycles. The lowest BCUT2D eigenvalue weighted by Crippen LogP contribution is -2.40. The number of hydrogen-bond donors (Lipinski definition) is 3. The number of carbonyl (C=O) groups is 1. The lowest BCUT2D eigenvalue weighted by molar-refractivity contribution is -0.114. The van der Waals surface area contributed by atoms with E-state index in [1.54, 1.807) is 23.4 Å². The molecule has 4 atom stereocenters. The van der Waals surface area contributed by atoms with Crippen LogP contribution in [-0.2, 0) is 9.53 Å². The van der Waals surface area contributed by atoms with Gasteiger partial charge >= 0.3 is 0 Å². The molecule has 2 rings (SSSR count). The molecule has 0 radical (unpaired) electrons. The van der Waals surface area contributed by atoms with Crippen molar-refractivity contribution in [3.05, 3.63) is 24.0 Å². The van der Waals surface area contributed by atoms with Gasteiger partial charge in [-0.15, -0.1) is 0 Å². The molecule has 0 spiro atoms. The summed E-state index contributed by atoms with van der Waals surface area (Å²) < 4.78 is 5.37. The maximum atomic E-state index is 11.3. The quantitative estimate of drug-likeness (QED) is 0.606. The van der Waals surface area contributed by atoms with E-state index in [2.05, 4.69) is 0 Å². The topological polar surface area (TPSA) is 90.2 Å². The monoisotopic (exact) mass is 255 g/mol. The van der Waals surface area contributed by atoms with Crippen molar-refractivity contribution in [1.82, 2.24) is 4.90 Å². The minimum atomic E-state index is -1.13. The Kier molecular flexibility index (Phi) is 3.82. The molecule has 18 heavy (non-hydrogen) atoms. The highest BCUT2D eigenvalue weighted by atomic mass is 16.6. The predicted octanol–water partition coefficient (Wildman–Crippen LogP) is -0.882. The molecule has 2 aliphatic heterocycles. The highest BCUT2D eigenvalue weighted by Gasteiger charge is 2.44. The third kappa shape index (κ3) is 2.32. The number of aliphatic hydroxyl groups excluding tert-OH is 3. The van der Waals surface area contributed by atoms with E-state index in [9.17, 15) is 15.0 Å². The number of hydrogen-bond acceptors (Lipinski definition) is 6. The summed E-state index contributed by atoms with van der Waals surface area (Å²) in [5, 5.41) is 28.5. The van der Waals surface area contributed by atoms with Crippen LogP contribution in [0.15, 0.2) is 24.0 Å². The Bertz CT molecular complexity index is 392. The Morgan fingerprint density at radius 2 is 2.22 bits per heavy atom. The summed E-state index contributed by atoms with van der Waals surface area (Å²) in [6, 6.07) is 0. The maximum absolute atomic E-state index is 11.3. The second-order valence-electron chi connectivity index (χ2n) is 4.48. The third-order valence-corrected chi connectivity index (χ3v) is 3.18. The zero-order chi connectivity index (χ0) is 13.3. The van der Waals surface area contributed by atoms with E-state index in [1.165, 1.54) is 6.92 Å². The van der Waals surface area contributed by atoms with Crippen molar-refractivity contribution in [2.75, 3.05) is 6.61 Å². The molecule has 0 aromatic carbocycles. The van der Waals surface area contributed by atoms with E-state index >= 15 is 0 Å². The molecular formula is C12H17NO5. The molecule has 6 heteroatoms. The van der Waals surface area contributed by atoms with Gasteiger partial charge in [0.1, 0.15) is 18.3 Å². The standard InChI is InChI=1S/C12H17NO5/c1-7(15)8-3-2-4-13(5-8)12-11(17)10(16)9(6-14)18-12/h2,4-5,9-12,14,16-17H,3,6H2,1H3/t9?,10-,11?,12-/m1/s1. The number of allylic oxidation sites excluding steroid dienone is 2. The van der Waals surface area contributed by atoms with Gasteiger partial charge in [0.25, 0.3) is 0 Å². The molecule has 6 nitrogen and oxygen atoms in total. The van der Waals surface area contributed by atoms with Crippen LogP contribution in [0.25, 0.3) is 0 Å². The fourth-order valence-corrected chi connectivity index (χ4v) is 2.10. The van der Waals surface area contributed by atoms with E-state index in [0.717, 1.165) is 0 Å². The van der Waals surface area contributed by atoms with E-state index in [1.807, 2.05) is 0 Å². The lowest BCUT2D eigenvalue weighted by Gasteiger charge is -2.28. The molecule has 2 aliphatic rings. The smallest absolute Gasteiger partial charge is 0.162 e.